The summed E-state index contributed by atoms with van der Waals surface area (Å²) in [5.74, 6) is 0.0618. The fourth-order valence-electron chi connectivity index (χ4n) is 9.82. The number of rotatable bonds is 33. The van der Waals surface area contributed by atoms with Gasteiger partial charge >= 0.3 is 29.8 Å². The van der Waals surface area contributed by atoms with Crippen LogP contribution in [0.15, 0.2) is 272 Å². The first kappa shape index (κ1) is 110. The quantitative estimate of drug-likeness (QED) is 0.0188. The summed E-state index contributed by atoms with van der Waals surface area (Å²) >= 11 is 0. The van der Waals surface area contributed by atoms with E-state index in [1.165, 1.54) is 103 Å². The van der Waals surface area contributed by atoms with Crippen molar-refractivity contribution >= 4 is 40.6 Å². The van der Waals surface area contributed by atoms with Crippen LogP contribution in [0.5, 0.6) is 28.7 Å². The maximum atomic E-state index is 11.7. The number of fused-ring (bicyclic) bond motifs is 1. The molecular weight excluding hydrogens is 1630 g/mol. The lowest BCUT2D eigenvalue weighted by molar-refractivity contribution is 0.00971. The van der Waals surface area contributed by atoms with E-state index in [0.29, 0.717) is 28.7 Å². The minimum absolute atomic E-state index is 0.0272. The average Bonchev–Trinajstić information content (AvgIpc) is 1.75. The molecule has 0 fully saturated rings. The summed E-state index contributed by atoms with van der Waals surface area (Å²) in [7, 11) is 0. The Bertz CT molecular complexity index is 4600. The van der Waals surface area contributed by atoms with Crippen molar-refractivity contribution in [3.63, 3.8) is 0 Å². The average molecular weight is 1760 g/mol. The first-order valence-electron chi connectivity index (χ1n) is 43.0. The van der Waals surface area contributed by atoms with Crippen LogP contribution in [0, 0.1) is 20.8 Å². The Balaban J connectivity index is 0.000000524. The summed E-state index contributed by atoms with van der Waals surface area (Å²) in [6.07, 6.45) is 7.99. The van der Waals surface area contributed by atoms with Crippen molar-refractivity contribution in [3.8, 4) is 39.9 Å². The number of esters is 5. The van der Waals surface area contributed by atoms with Crippen LogP contribution in [0.3, 0.4) is 0 Å². The molecular formula is C102H132O25. The molecule has 0 aliphatic carbocycles. The van der Waals surface area contributed by atoms with Crippen LogP contribution in [0.2, 0.25) is 0 Å². The lowest BCUT2D eigenvalue weighted by Gasteiger charge is -2.14. The third-order valence-corrected chi connectivity index (χ3v) is 15.8. The van der Waals surface area contributed by atoms with Gasteiger partial charge in [0.25, 0.3) is 0 Å². The molecule has 0 amide bonds. The van der Waals surface area contributed by atoms with Crippen molar-refractivity contribution in [1.29, 1.82) is 0 Å². The summed E-state index contributed by atoms with van der Waals surface area (Å²) in [5.41, 5.74) is 8.68. The molecule has 12 aromatic rings. The Hall–Kier alpha value is -12.7. The van der Waals surface area contributed by atoms with Crippen molar-refractivity contribution in [2.75, 3.05) is 66.1 Å². The highest BCUT2D eigenvalue weighted by atomic mass is 16.6. The van der Waals surface area contributed by atoms with Crippen molar-refractivity contribution in [1.82, 2.24) is 0 Å². The molecule has 690 valence electrons. The van der Waals surface area contributed by atoms with Gasteiger partial charge in [0.1, 0.15) is 125 Å². The van der Waals surface area contributed by atoms with Crippen LogP contribution in [0.25, 0.3) is 21.9 Å². The predicted octanol–water partition coefficient (Wildman–Crippen LogP) is 21.6. The maximum Gasteiger partial charge on any atom is 0.374 e. The van der Waals surface area contributed by atoms with E-state index in [4.69, 9.17) is 69.5 Å². The molecule has 5 unspecified atom stereocenters. The Morgan fingerprint density at radius 3 is 0.890 bits per heavy atom. The maximum absolute atomic E-state index is 11.7. The number of carbonyl (C=O) groups is 5. The largest absolute Gasteiger partial charge is 0.491 e. The summed E-state index contributed by atoms with van der Waals surface area (Å²) in [4.78, 5) is 57.9. The van der Waals surface area contributed by atoms with Gasteiger partial charge in [0.15, 0.2) is 0 Å². The fourth-order valence-corrected chi connectivity index (χ4v) is 9.82. The second-order valence-electron chi connectivity index (χ2n) is 27.0. The number of carbonyl (C=O) groups excluding carboxylic acids is 5. The number of benzene rings is 7. The van der Waals surface area contributed by atoms with Gasteiger partial charge in [-0.05, 0) is 164 Å². The van der Waals surface area contributed by atoms with Crippen LogP contribution >= 0.6 is 0 Å². The highest BCUT2D eigenvalue weighted by molar-refractivity contribution is 5.89. The van der Waals surface area contributed by atoms with Crippen LogP contribution in [-0.2, 0) is 36.5 Å². The molecule has 0 bridgehead atoms. The molecule has 0 spiro atoms. The molecule has 0 saturated heterocycles. The first-order chi connectivity index (χ1) is 61.5. The van der Waals surface area contributed by atoms with Gasteiger partial charge in [-0.1, -0.05) is 243 Å². The van der Waals surface area contributed by atoms with Gasteiger partial charge in [0.2, 0.25) is 28.8 Å². The molecule has 7 aromatic carbocycles. The molecule has 0 saturated carbocycles. The predicted molar refractivity (Wildman–Crippen MR) is 493 cm³/mol. The van der Waals surface area contributed by atoms with E-state index in [1.54, 1.807) is 54.6 Å². The second-order valence-corrected chi connectivity index (χ2v) is 27.0. The zero-order valence-corrected chi connectivity index (χ0v) is 76.6. The topological polar surface area (TPSA) is 344 Å². The van der Waals surface area contributed by atoms with E-state index in [2.05, 4.69) is 104 Å². The number of aliphatic hydroxyl groups is 5. The number of aryl methyl sites for hydroxylation is 5. The molecule has 5 atom stereocenters. The van der Waals surface area contributed by atoms with E-state index in [0.717, 1.165) is 40.3 Å². The minimum Gasteiger partial charge on any atom is -0.491 e. The van der Waals surface area contributed by atoms with Crippen LogP contribution < -0.4 is 23.7 Å². The van der Waals surface area contributed by atoms with Gasteiger partial charge in [0.05, 0.1) is 31.3 Å². The van der Waals surface area contributed by atoms with Gasteiger partial charge in [-0.2, -0.15) is 0 Å². The Labute approximate surface area is 748 Å². The second kappa shape index (κ2) is 67.7. The highest BCUT2D eigenvalue weighted by Crippen LogP contribution is 2.27. The third-order valence-electron chi connectivity index (χ3n) is 15.8. The lowest BCUT2D eigenvalue weighted by Crippen LogP contribution is -2.25. The van der Waals surface area contributed by atoms with E-state index < -0.39 is 60.4 Å². The number of furan rings is 5. The first-order valence-corrected chi connectivity index (χ1v) is 43.0. The molecule has 5 aromatic heterocycles. The minimum atomic E-state index is -1.05. The standard InChI is InChI=1S/C22H22O10.C18H16O5.C16H18O5.C16H18.C15H16O5.3C3H8.3C2H6/c23-15(13-31-21(25)19-6-2-8-27-19)11-29-17-4-1-5-18(10-17)30-12-16(24)14-32-22(26)20-7-3-9-28-20;19-14(12-23-18(20)17-9-4-10-21-17)11-22-16-8-3-6-13-5-1-2-7-15(13)16;1-11-5-6-14(12(2)8-11)20-9-13(17)10-21-16(18)15-4-3-7-19-15;1-3-13-5-9-15(10-6-13)16-11-7-14(4-2)8-12-16;1-11-4-6-13(7-5-11)19-9-12(16)10-20-15(17)14-3-2-8-18-14;3*1-3-2;3*1-2/h1-10,15-16,23-24H,11-14H2;1-10,14,19H,11-12H2;3-8,13,17H,9-10H2,1-2H3;5-12H,3-4H2,1-2H3;2-8,12,16H,9-10H2,1H3;3*3H2,1-2H3;3*1-2H3. The molecule has 12 rings (SSSR count). The molecule has 127 heavy (non-hydrogen) atoms. The van der Waals surface area contributed by atoms with Gasteiger partial charge in [-0.25, -0.2) is 24.0 Å². The molecule has 25 nitrogen and oxygen atoms in total. The number of hydrogen-bond donors (Lipinski definition) is 5. The third kappa shape index (κ3) is 46.2. The van der Waals surface area contributed by atoms with E-state index in [9.17, 15) is 49.5 Å². The Kier molecular flexibility index (Phi) is 58.9. The van der Waals surface area contributed by atoms with E-state index >= 15 is 0 Å². The summed E-state index contributed by atoms with van der Waals surface area (Å²) in [6.45, 7) is 33.9. The van der Waals surface area contributed by atoms with Gasteiger partial charge < -0.3 is 95.0 Å². The van der Waals surface area contributed by atoms with Crippen LogP contribution in [0.4, 0.5) is 0 Å². The number of hydrogen-bond acceptors (Lipinski definition) is 25. The van der Waals surface area contributed by atoms with Crippen molar-refractivity contribution in [3.05, 3.63) is 306 Å². The zero-order valence-electron chi connectivity index (χ0n) is 76.6. The van der Waals surface area contributed by atoms with Crippen molar-refractivity contribution in [2.45, 2.75) is 180 Å². The summed E-state index contributed by atoms with van der Waals surface area (Å²) in [5, 5.41) is 51.2. The smallest absolute Gasteiger partial charge is 0.374 e. The molecule has 5 N–H and O–H groups in total. The SMILES string of the molecule is CC.CC.CC.CCC.CCC.CCC.CCc1ccc(-c2ccc(CC)cc2)cc1.Cc1ccc(OCC(O)COC(=O)c2ccco2)c(C)c1.Cc1ccc(OCC(O)COC(=O)c2ccco2)cc1.O=C(OCC(O)COc1cccc(OCC(O)COC(=O)c2ccco2)c1)c1ccco1.O=C(OCC(O)COc1cccc2ccccc12)c1ccco1. The van der Waals surface area contributed by atoms with Gasteiger partial charge in [0, 0.05) is 11.5 Å². The van der Waals surface area contributed by atoms with Crippen LogP contribution in [0.1, 0.15) is 197 Å². The summed E-state index contributed by atoms with van der Waals surface area (Å²) < 4.78 is 76.6. The molecule has 0 aliphatic heterocycles. The van der Waals surface area contributed by atoms with Gasteiger partial charge in [-0.3, -0.25) is 0 Å². The van der Waals surface area contributed by atoms with Crippen molar-refractivity contribution < 1.29 is 119 Å². The molecule has 25 heteroatoms. The van der Waals surface area contributed by atoms with E-state index in [-0.39, 0.29) is 94.9 Å². The molecule has 0 aliphatic rings. The van der Waals surface area contributed by atoms with Crippen LogP contribution in [-0.4, -0.2) is 152 Å². The lowest BCUT2D eigenvalue weighted by atomic mass is 10.0. The highest BCUT2D eigenvalue weighted by Gasteiger charge is 2.20. The fraction of sp³-hybridized carbons (Fsp3) is 0.363. The normalized spacial score (nSPS) is 11.1. The van der Waals surface area contributed by atoms with Crippen molar-refractivity contribution in [2.24, 2.45) is 0 Å². The Morgan fingerprint density at radius 1 is 0.283 bits per heavy atom. The number of aliphatic hydroxyl groups excluding tert-OH is 5. The Morgan fingerprint density at radius 2 is 0.575 bits per heavy atom. The van der Waals surface area contributed by atoms with Gasteiger partial charge in [-0.15, -0.1) is 0 Å². The monoisotopic (exact) mass is 1760 g/mol. The molecule has 5 heterocycles. The molecule has 0 radical (unpaired) electrons. The number of ether oxygens (including phenoxy) is 10. The summed E-state index contributed by atoms with van der Waals surface area (Å²) in [6, 6.07) is 66.3. The zero-order chi connectivity index (χ0) is 93.9. The van der Waals surface area contributed by atoms with E-state index in [1.807, 2.05) is 147 Å².